The van der Waals surface area contributed by atoms with Crippen molar-refractivity contribution in [3.05, 3.63) is 60.2 Å². The Balaban J connectivity index is 1.38. The van der Waals surface area contributed by atoms with E-state index in [2.05, 4.69) is 38.1 Å². The average molecular weight is 394 g/mol. The number of aromatic amines is 1. The number of aliphatic imine (C=N–C) groups is 1. The molecule has 3 aromatic rings. The van der Waals surface area contributed by atoms with Crippen molar-refractivity contribution in [2.75, 3.05) is 44.2 Å². The van der Waals surface area contributed by atoms with Crippen LogP contribution >= 0.6 is 0 Å². The van der Waals surface area contributed by atoms with Gasteiger partial charge in [0, 0.05) is 62.6 Å². The summed E-state index contributed by atoms with van der Waals surface area (Å²) in [7, 11) is 0. The van der Waals surface area contributed by atoms with Crippen LogP contribution in [0.1, 0.15) is 12.5 Å². The van der Waals surface area contributed by atoms with Crippen LogP contribution in [0, 0.1) is 5.82 Å². The summed E-state index contributed by atoms with van der Waals surface area (Å²) in [6.07, 6.45) is 4.56. The second-order valence-corrected chi connectivity index (χ2v) is 7.15. The first kappa shape index (κ1) is 19.2. The van der Waals surface area contributed by atoms with E-state index in [0.717, 1.165) is 67.4 Å². The number of H-pyrrole nitrogens is 1. The third-order valence-corrected chi connectivity index (χ3v) is 5.26. The first-order valence-electron chi connectivity index (χ1n) is 10.2. The molecule has 152 valence electrons. The van der Waals surface area contributed by atoms with Crippen molar-refractivity contribution in [3.63, 3.8) is 0 Å². The van der Waals surface area contributed by atoms with E-state index < -0.39 is 0 Å². The molecule has 1 aromatic carbocycles. The van der Waals surface area contributed by atoms with Crippen molar-refractivity contribution >= 4 is 22.7 Å². The third kappa shape index (κ3) is 4.50. The quantitative estimate of drug-likeness (QED) is 0.516. The summed E-state index contributed by atoms with van der Waals surface area (Å²) in [6, 6.07) is 10.9. The maximum atomic E-state index is 13.6. The van der Waals surface area contributed by atoms with Gasteiger partial charge in [-0.25, -0.2) is 9.37 Å². The van der Waals surface area contributed by atoms with E-state index in [0.29, 0.717) is 6.54 Å². The van der Waals surface area contributed by atoms with Gasteiger partial charge in [-0.05, 0) is 49.2 Å². The van der Waals surface area contributed by atoms with Crippen LogP contribution in [0.2, 0.25) is 0 Å². The summed E-state index contributed by atoms with van der Waals surface area (Å²) in [5.41, 5.74) is 2.06. The lowest BCUT2D eigenvalue weighted by Crippen LogP contribution is -2.52. The minimum atomic E-state index is -0.207. The average Bonchev–Trinajstić information content (AvgIpc) is 3.16. The molecule has 0 unspecified atom stereocenters. The molecule has 0 spiro atoms. The van der Waals surface area contributed by atoms with Crippen molar-refractivity contribution < 1.29 is 4.39 Å². The fraction of sp³-hybridized carbons (Fsp3) is 0.364. The molecular formula is C22H27FN6. The van der Waals surface area contributed by atoms with Crippen molar-refractivity contribution in [2.45, 2.75) is 13.3 Å². The van der Waals surface area contributed by atoms with Gasteiger partial charge in [0.15, 0.2) is 5.96 Å². The fourth-order valence-electron chi connectivity index (χ4n) is 3.75. The van der Waals surface area contributed by atoms with E-state index in [9.17, 15) is 4.39 Å². The molecule has 1 fully saturated rings. The largest absolute Gasteiger partial charge is 0.361 e. The molecular weight excluding hydrogens is 367 g/mol. The molecule has 0 radical (unpaired) electrons. The summed E-state index contributed by atoms with van der Waals surface area (Å²) >= 11 is 0. The van der Waals surface area contributed by atoms with E-state index in [1.54, 1.807) is 12.1 Å². The first-order valence-corrected chi connectivity index (χ1v) is 10.2. The second kappa shape index (κ2) is 8.94. The molecule has 0 aliphatic carbocycles. The smallest absolute Gasteiger partial charge is 0.194 e. The molecule has 1 aliphatic rings. The van der Waals surface area contributed by atoms with Gasteiger partial charge in [0.25, 0.3) is 0 Å². The van der Waals surface area contributed by atoms with E-state index in [1.807, 2.05) is 24.5 Å². The van der Waals surface area contributed by atoms with E-state index in [1.165, 1.54) is 6.07 Å². The van der Waals surface area contributed by atoms with Crippen LogP contribution in [-0.4, -0.2) is 60.1 Å². The highest BCUT2D eigenvalue weighted by Crippen LogP contribution is 2.20. The molecule has 29 heavy (non-hydrogen) atoms. The molecule has 7 heteroatoms. The number of nitrogens with one attached hydrogen (secondary N) is 2. The summed E-state index contributed by atoms with van der Waals surface area (Å²) < 4.78 is 13.6. The maximum absolute atomic E-state index is 13.6. The molecule has 6 nitrogen and oxygen atoms in total. The Morgan fingerprint density at radius 1 is 1.21 bits per heavy atom. The van der Waals surface area contributed by atoms with Gasteiger partial charge < -0.3 is 20.1 Å². The van der Waals surface area contributed by atoms with Crippen molar-refractivity contribution in [2.24, 2.45) is 4.99 Å². The Bertz CT molecular complexity index is 960. The van der Waals surface area contributed by atoms with Crippen LogP contribution in [-0.2, 0) is 6.42 Å². The Morgan fingerprint density at radius 2 is 2.07 bits per heavy atom. The highest BCUT2D eigenvalue weighted by Gasteiger charge is 2.20. The monoisotopic (exact) mass is 394 g/mol. The predicted molar refractivity (Wildman–Crippen MR) is 116 cm³/mol. The van der Waals surface area contributed by atoms with Crippen LogP contribution in [0.25, 0.3) is 10.9 Å². The summed E-state index contributed by atoms with van der Waals surface area (Å²) in [6.45, 7) is 7.22. The number of hydrogen-bond acceptors (Lipinski definition) is 3. The first-order chi connectivity index (χ1) is 14.2. The van der Waals surface area contributed by atoms with Crippen molar-refractivity contribution in [1.29, 1.82) is 0 Å². The normalized spacial score (nSPS) is 15.2. The molecule has 0 atom stereocenters. The van der Waals surface area contributed by atoms with Crippen LogP contribution < -0.4 is 10.2 Å². The molecule has 2 N–H and O–H groups in total. The van der Waals surface area contributed by atoms with Crippen molar-refractivity contribution in [1.82, 2.24) is 20.2 Å². The lowest BCUT2D eigenvalue weighted by atomic mass is 10.1. The van der Waals surface area contributed by atoms with E-state index in [4.69, 9.17) is 4.99 Å². The highest BCUT2D eigenvalue weighted by molar-refractivity contribution is 5.83. The molecule has 2 aromatic heterocycles. The van der Waals surface area contributed by atoms with Crippen LogP contribution in [0.3, 0.4) is 0 Å². The van der Waals surface area contributed by atoms with Gasteiger partial charge in [0.05, 0.1) is 0 Å². The summed E-state index contributed by atoms with van der Waals surface area (Å²) in [5, 5.41) is 4.35. The highest BCUT2D eigenvalue weighted by atomic mass is 19.1. The van der Waals surface area contributed by atoms with Crippen LogP contribution in [0.15, 0.2) is 53.8 Å². The van der Waals surface area contributed by atoms with Crippen molar-refractivity contribution in [3.8, 4) is 0 Å². The molecule has 0 bridgehead atoms. The summed E-state index contributed by atoms with van der Waals surface area (Å²) in [5.74, 6) is 1.76. The van der Waals surface area contributed by atoms with E-state index in [-0.39, 0.29) is 5.82 Å². The number of fused-ring (bicyclic) bond motifs is 1. The second-order valence-electron chi connectivity index (χ2n) is 7.15. The molecule has 0 saturated carbocycles. The van der Waals surface area contributed by atoms with Gasteiger partial charge in [-0.2, -0.15) is 0 Å². The molecule has 3 heterocycles. The number of pyridine rings is 1. The molecule has 4 rings (SSSR count). The number of benzene rings is 1. The van der Waals surface area contributed by atoms with Crippen LogP contribution in [0.4, 0.5) is 10.2 Å². The lowest BCUT2D eigenvalue weighted by molar-refractivity contribution is 0.371. The fourth-order valence-corrected chi connectivity index (χ4v) is 3.75. The Labute approximate surface area is 170 Å². The maximum Gasteiger partial charge on any atom is 0.194 e. The van der Waals surface area contributed by atoms with Gasteiger partial charge in [-0.3, -0.25) is 4.99 Å². The number of hydrogen-bond donors (Lipinski definition) is 2. The number of nitrogens with zero attached hydrogens (tertiary/aromatic N) is 4. The number of anilines is 1. The number of piperazine rings is 1. The van der Waals surface area contributed by atoms with Gasteiger partial charge in [0.1, 0.15) is 11.6 Å². The predicted octanol–water partition coefficient (Wildman–Crippen LogP) is 3.03. The SMILES string of the molecule is CCNC(=NCCc1c[nH]c2ccc(F)cc12)N1CCN(c2ccccn2)CC1. The number of guanidine groups is 1. The Hall–Kier alpha value is -3.09. The topological polar surface area (TPSA) is 59.6 Å². The third-order valence-electron chi connectivity index (χ3n) is 5.26. The zero-order chi connectivity index (χ0) is 20.1. The molecule has 0 amide bonds. The number of halogens is 1. The minimum absolute atomic E-state index is 0.207. The van der Waals surface area contributed by atoms with Gasteiger partial charge in [-0.15, -0.1) is 0 Å². The minimum Gasteiger partial charge on any atom is -0.361 e. The molecule has 1 saturated heterocycles. The summed E-state index contributed by atoms with van der Waals surface area (Å²) in [4.78, 5) is 17.1. The number of rotatable bonds is 5. The van der Waals surface area contributed by atoms with E-state index >= 15 is 0 Å². The van der Waals surface area contributed by atoms with Gasteiger partial charge >= 0.3 is 0 Å². The zero-order valence-corrected chi connectivity index (χ0v) is 16.7. The standard InChI is InChI=1S/C22H27FN6/c1-2-24-22(29-13-11-28(12-14-29)21-5-3-4-9-25-21)26-10-8-17-16-27-20-7-6-18(23)15-19(17)20/h3-7,9,15-16,27H,2,8,10-14H2,1H3,(H,24,26). The van der Waals surface area contributed by atoms with Gasteiger partial charge in [0.2, 0.25) is 0 Å². The van der Waals surface area contributed by atoms with Crippen LogP contribution in [0.5, 0.6) is 0 Å². The zero-order valence-electron chi connectivity index (χ0n) is 16.7. The lowest BCUT2D eigenvalue weighted by Gasteiger charge is -2.37. The Kier molecular flexibility index (Phi) is 5.93. The molecule has 1 aliphatic heterocycles. The van der Waals surface area contributed by atoms with Gasteiger partial charge in [-0.1, -0.05) is 6.07 Å². The Morgan fingerprint density at radius 3 is 2.83 bits per heavy atom. The number of aromatic nitrogens is 2.